The smallest absolute Gasteiger partial charge is 0.326 e. The summed E-state index contributed by atoms with van der Waals surface area (Å²) in [5, 5.41) is 3.97. The topological polar surface area (TPSA) is 83.5 Å². The van der Waals surface area contributed by atoms with E-state index in [0.717, 1.165) is 11.1 Å². The summed E-state index contributed by atoms with van der Waals surface area (Å²) in [5.74, 6) is 1.36. The highest BCUT2D eigenvalue weighted by Crippen LogP contribution is 2.50. The molecule has 41 heavy (non-hydrogen) atoms. The molecule has 0 aliphatic carbocycles. The van der Waals surface area contributed by atoms with Gasteiger partial charge >= 0.3 is 6.03 Å². The minimum absolute atomic E-state index is 0.0500. The summed E-state index contributed by atoms with van der Waals surface area (Å²) < 4.78 is 11.7. The van der Waals surface area contributed by atoms with Gasteiger partial charge in [-0.15, -0.1) is 0 Å². The number of rotatable bonds is 6. The van der Waals surface area contributed by atoms with E-state index >= 15 is 0 Å². The molecular weight excluding hydrogens is 563 g/mol. The molecule has 3 amide bonds. The fourth-order valence-corrected chi connectivity index (χ4v) is 5.60. The zero-order valence-corrected chi connectivity index (χ0v) is 24.9. The minimum Gasteiger partial charge on any atom is -0.497 e. The molecule has 8 nitrogen and oxygen atoms in total. The number of piperazine rings is 1. The number of urea groups is 1. The molecule has 1 saturated heterocycles. The number of amidine groups is 1. The van der Waals surface area contributed by atoms with Crippen molar-refractivity contribution < 1.29 is 19.1 Å². The summed E-state index contributed by atoms with van der Waals surface area (Å²) in [6.45, 7) is 6.56. The lowest BCUT2D eigenvalue weighted by Crippen LogP contribution is -2.55. The van der Waals surface area contributed by atoms with Crippen LogP contribution < -0.4 is 14.8 Å². The van der Waals surface area contributed by atoms with Gasteiger partial charge in [0.1, 0.15) is 29.4 Å². The minimum atomic E-state index is -0.934. The van der Waals surface area contributed by atoms with Gasteiger partial charge < -0.3 is 19.7 Å². The van der Waals surface area contributed by atoms with Crippen LogP contribution in [0.4, 0.5) is 4.79 Å². The molecule has 0 saturated carbocycles. The molecule has 2 atom stereocenters. The Morgan fingerprint density at radius 2 is 1.71 bits per heavy atom. The molecule has 1 N–H and O–H groups in total. The van der Waals surface area contributed by atoms with E-state index in [2.05, 4.69) is 5.32 Å². The van der Waals surface area contributed by atoms with Crippen molar-refractivity contribution in [2.24, 2.45) is 4.99 Å². The number of nitrogens with zero attached hydrogens (tertiary/aromatic N) is 3. The van der Waals surface area contributed by atoms with Gasteiger partial charge in [0.25, 0.3) is 0 Å². The normalized spacial score (nSPS) is 20.6. The predicted molar refractivity (Wildman–Crippen MR) is 160 cm³/mol. The molecule has 3 aromatic rings. The highest BCUT2D eigenvalue weighted by Gasteiger charge is 2.52. The summed E-state index contributed by atoms with van der Waals surface area (Å²) in [6.07, 6.45) is -0.146. The van der Waals surface area contributed by atoms with Crippen molar-refractivity contribution in [1.29, 1.82) is 0 Å². The third-order valence-corrected chi connectivity index (χ3v) is 7.78. The van der Waals surface area contributed by atoms with E-state index in [1.54, 1.807) is 35.1 Å². The molecule has 2 heterocycles. The van der Waals surface area contributed by atoms with Gasteiger partial charge in [0.2, 0.25) is 5.91 Å². The fourth-order valence-electron chi connectivity index (χ4n) is 5.35. The van der Waals surface area contributed by atoms with Crippen LogP contribution in [0.5, 0.6) is 11.5 Å². The molecule has 3 aromatic carbocycles. The van der Waals surface area contributed by atoms with Gasteiger partial charge in [-0.05, 0) is 68.3 Å². The van der Waals surface area contributed by atoms with Crippen LogP contribution in [0.2, 0.25) is 10.0 Å². The van der Waals surface area contributed by atoms with Crippen LogP contribution in [0.1, 0.15) is 43.5 Å². The SMILES string of the molecule is COc1ccc(C2=NC(C)(c3ccc(Cl)cc3)C(c3ccc(Cl)cc3)N2C(=O)N2CCNC(=O)C2)c(OC(C)C)c1. The predicted octanol–water partition coefficient (Wildman–Crippen LogP) is 6.06. The molecule has 0 spiro atoms. The lowest BCUT2D eigenvalue weighted by molar-refractivity contribution is -0.123. The third kappa shape index (κ3) is 5.72. The Bertz CT molecular complexity index is 1480. The van der Waals surface area contributed by atoms with Gasteiger partial charge in [0.15, 0.2) is 0 Å². The van der Waals surface area contributed by atoms with Crippen LogP contribution in [0, 0.1) is 0 Å². The van der Waals surface area contributed by atoms with Crippen molar-refractivity contribution in [1.82, 2.24) is 15.1 Å². The maximum Gasteiger partial charge on any atom is 0.326 e. The molecule has 2 unspecified atom stereocenters. The zero-order chi connectivity index (χ0) is 29.3. The van der Waals surface area contributed by atoms with E-state index in [1.165, 1.54) is 0 Å². The number of hydrogen-bond donors (Lipinski definition) is 1. The molecule has 5 rings (SSSR count). The third-order valence-electron chi connectivity index (χ3n) is 7.28. The van der Waals surface area contributed by atoms with Gasteiger partial charge in [0, 0.05) is 29.2 Å². The molecule has 2 aliphatic heterocycles. The summed E-state index contributed by atoms with van der Waals surface area (Å²) in [7, 11) is 1.59. The number of methoxy groups -OCH3 is 1. The van der Waals surface area contributed by atoms with Gasteiger partial charge in [-0.2, -0.15) is 0 Å². The molecular formula is C31H32Cl2N4O4. The number of halogens is 2. The number of carbonyl (C=O) groups excluding carboxylic acids is 2. The van der Waals surface area contributed by atoms with Crippen molar-refractivity contribution in [3.8, 4) is 11.5 Å². The molecule has 2 aliphatic rings. The van der Waals surface area contributed by atoms with E-state index in [0.29, 0.717) is 46.0 Å². The summed E-state index contributed by atoms with van der Waals surface area (Å²) in [5.41, 5.74) is 1.40. The molecule has 0 aromatic heterocycles. The second-order valence-corrected chi connectivity index (χ2v) is 11.4. The average Bonchev–Trinajstić information content (AvgIpc) is 3.26. The number of ether oxygens (including phenoxy) is 2. The summed E-state index contributed by atoms with van der Waals surface area (Å²) in [4.78, 5) is 35.4. The quantitative estimate of drug-likeness (QED) is 0.376. The van der Waals surface area contributed by atoms with E-state index < -0.39 is 11.6 Å². The van der Waals surface area contributed by atoms with Crippen LogP contribution in [-0.2, 0) is 10.3 Å². The Kier molecular flexibility index (Phi) is 8.16. The lowest BCUT2D eigenvalue weighted by atomic mass is 9.81. The monoisotopic (exact) mass is 594 g/mol. The maximum absolute atomic E-state index is 14.5. The summed E-state index contributed by atoms with van der Waals surface area (Å²) in [6, 6.07) is 19.4. The standard InChI is InChI=1S/C31H32Cl2N4O4/c1-19(2)41-26-17-24(40-4)13-14-25(26)29-35-31(3,21-7-11-23(33)12-8-21)28(20-5-9-22(32)10-6-20)37(29)30(39)36-16-15-34-27(38)18-36/h5-14,17,19,28H,15-16,18H2,1-4H3,(H,34,38). The molecule has 0 bridgehead atoms. The fraction of sp³-hybridized carbons (Fsp3) is 0.323. The van der Waals surface area contributed by atoms with Crippen molar-refractivity contribution in [3.63, 3.8) is 0 Å². The van der Waals surface area contributed by atoms with Crippen LogP contribution in [0.25, 0.3) is 0 Å². The Balaban J connectivity index is 1.76. The zero-order valence-electron chi connectivity index (χ0n) is 23.4. The Morgan fingerprint density at radius 1 is 1.05 bits per heavy atom. The Labute approximate surface area is 249 Å². The van der Waals surface area contributed by atoms with Gasteiger partial charge in [-0.3, -0.25) is 14.7 Å². The highest BCUT2D eigenvalue weighted by molar-refractivity contribution is 6.30. The second kappa shape index (κ2) is 11.6. The Morgan fingerprint density at radius 3 is 2.32 bits per heavy atom. The van der Waals surface area contributed by atoms with Gasteiger partial charge in [-0.25, -0.2) is 4.79 Å². The largest absolute Gasteiger partial charge is 0.497 e. The van der Waals surface area contributed by atoms with Crippen molar-refractivity contribution in [2.75, 3.05) is 26.7 Å². The molecule has 10 heteroatoms. The van der Waals surface area contributed by atoms with Crippen molar-refractivity contribution >= 4 is 41.0 Å². The summed E-state index contributed by atoms with van der Waals surface area (Å²) >= 11 is 12.5. The highest BCUT2D eigenvalue weighted by atomic mass is 35.5. The van der Waals surface area contributed by atoms with Crippen LogP contribution in [0.3, 0.4) is 0 Å². The number of benzene rings is 3. The van der Waals surface area contributed by atoms with E-state index in [9.17, 15) is 9.59 Å². The molecule has 214 valence electrons. The van der Waals surface area contributed by atoms with Crippen LogP contribution in [0.15, 0.2) is 71.7 Å². The van der Waals surface area contributed by atoms with Gasteiger partial charge in [0.05, 0.1) is 24.8 Å². The first-order valence-electron chi connectivity index (χ1n) is 13.4. The number of amides is 3. The number of hydrogen-bond acceptors (Lipinski definition) is 5. The van der Waals surface area contributed by atoms with Crippen molar-refractivity contribution in [2.45, 2.75) is 38.5 Å². The first kappa shape index (κ1) is 28.8. The van der Waals surface area contributed by atoms with Crippen LogP contribution >= 0.6 is 23.2 Å². The van der Waals surface area contributed by atoms with E-state index in [1.807, 2.05) is 69.3 Å². The number of aliphatic imine (C=N–C) groups is 1. The Hall–Kier alpha value is -3.75. The van der Waals surface area contributed by atoms with E-state index in [4.69, 9.17) is 37.7 Å². The number of nitrogens with one attached hydrogen (secondary N) is 1. The van der Waals surface area contributed by atoms with E-state index in [-0.39, 0.29) is 24.6 Å². The second-order valence-electron chi connectivity index (χ2n) is 10.5. The molecule has 0 radical (unpaired) electrons. The maximum atomic E-state index is 14.5. The molecule has 1 fully saturated rings. The van der Waals surface area contributed by atoms with Crippen molar-refractivity contribution in [3.05, 3.63) is 93.5 Å². The average molecular weight is 596 g/mol. The number of carbonyl (C=O) groups is 2. The first-order chi connectivity index (χ1) is 19.6. The first-order valence-corrected chi connectivity index (χ1v) is 14.2. The lowest BCUT2D eigenvalue weighted by Gasteiger charge is -2.38. The van der Waals surface area contributed by atoms with Crippen LogP contribution in [-0.4, -0.2) is 60.4 Å². The van der Waals surface area contributed by atoms with Gasteiger partial charge in [-0.1, -0.05) is 47.5 Å².